The maximum atomic E-state index is 12.9. The van der Waals surface area contributed by atoms with Crippen molar-refractivity contribution in [3.05, 3.63) is 296 Å². The molecular weight excluding hydrogens is 1780 g/mol. The lowest BCUT2D eigenvalue weighted by Gasteiger charge is -2.47. The van der Waals surface area contributed by atoms with Crippen LogP contribution in [0.5, 0.6) is 28.7 Å². The molecule has 137 heavy (non-hydrogen) atoms. The van der Waals surface area contributed by atoms with E-state index in [0.717, 1.165) is 181 Å². The molecule has 0 amide bonds. The quantitative estimate of drug-likeness (QED) is 0.0659. The number of hydrogen-bond donors (Lipinski definition) is 1. The van der Waals surface area contributed by atoms with E-state index in [0.29, 0.717) is 62.6 Å². The smallest absolute Gasteiger partial charge is 0.420 e. The van der Waals surface area contributed by atoms with E-state index in [-0.39, 0.29) is 41.5 Å². The Morgan fingerprint density at radius 3 is 1.01 bits per heavy atom. The number of nitrogens with zero attached hydrogens (tertiary/aromatic N) is 15. The van der Waals surface area contributed by atoms with Gasteiger partial charge in [-0.25, -0.2) is 41.8 Å². The number of anilines is 5. The third kappa shape index (κ3) is 22.2. The predicted octanol–water partition coefficient (Wildman–Crippen LogP) is 17.1. The molecule has 0 atom stereocenters. The second-order valence-corrected chi connectivity index (χ2v) is 41.6. The summed E-state index contributed by atoms with van der Waals surface area (Å²) in [4.78, 5) is 56.3. The van der Waals surface area contributed by atoms with Crippen LogP contribution in [0.1, 0.15) is 178 Å². The molecule has 0 radical (unpaired) electrons. The number of ether oxygens (including phenoxy) is 6. The Bertz CT molecular complexity index is 6700. The molecule has 11 aromatic rings. The second-order valence-electron chi connectivity index (χ2n) is 37.2. The Labute approximate surface area is 799 Å². The van der Waals surface area contributed by atoms with Crippen LogP contribution in [0.4, 0.5) is 42.3 Å². The third-order valence-electron chi connectivity index (χ3n) is 25.0. The zero-order valence-electron chi connectivity index (χ0n) is 79.3. The molecule has 0 aliphatic carbocycles. The number of sulfone groups is 2. The van der Waals surface area contributed by atoms with Crippen LogP contribution in [0.15, 0.2) is 237 Å². The highest BCUT2D eigenvalue weighted by molar-refractivity contribution is 7.91. The average molecular weight is 1900 g/mol. The Morgan fingerprint density at radius 2 is 0.693 bits per heavy atom. The first-order valence-electron chi connectivity index (χ1n) is 46.8. The molecule has 0 bridgehead atoms. The van der Waals surface area contributed by atoms with Gasteiger partial charge < -0.3 is 58.0 Å². The number of fused-ring (bicyclic) bond motifs is 6. The van der Waals surface area contributed by atoms with Crippen molar-refractivity contribution >= 4 is 77.3 Å². The summed E-state index contributed by atoms with van der Waals surface area (Å²) >= 11 is 0. The van der Waals surface area contributed by atoms with Gasteiger partial charge in [0.15, 0.2) is 25.3 Å². The summed E-state index contributed by atoms with van der Waals surface area (Å²) in [7, 11) is -4.54. The van der Waals surface area contributed by atoms with Crippen LogP contribution in [-0.2, 0) is 63.7 Å². The molecule has 31 heteroatoms. The third-order valence-corrected chi connectivity index (χ3v) is 28.3. The number of piperidine rings is 1. The van der Waals surface area contributed by atoms with Gasteiger partial charge in [-0.2, -0.15) is 13.2 Å². The highest BCUT2D eigenvalue weighted by Gasteiger charge is 2.61. The summed E-state index contributed by atoms with van der Waals surface area (Å²) in [6.45, 7) is 28.2. The summed E-state index contributed by atoms with van der Waals surface area (Å²) < 4.78 is 122. The van der Waals surface area contributed by atoms with Crippen LogP contribution in [0.3, 0.4) is 0 Å². The van der Waals surface area contributed by atoms with Gasteiger partial charge in [0.25, 0.3) is 0 Å². The fourth-order valence-corrected chi connectivity index (χ4v) is 20.3. The van der Waals surface area contributed by atoms with Crippen LogP contribution in [0.2, 0.25) is 0 Å². The van der Waals surface area contributed by atoms with Crippen molar-refractivity contribution in [2.24, 2.45) is 25.0 Å². The molecule has 0 spiro atoms. The standard InChI is InChI=1S/C25H25N3O3S.C21H25N3O.C20H20F3N3O2.C20H23N3O3S.C20H23N3O2/c1-17(2)31-21-8-7-19-15-27-25(22(19)14-21)18-9-10-26-24(13-18)28-11-12-32(29,30)23-6-4-3-5-20(23)16-28;1-15(2)25-18-7-6-17-14-23-21(19(17)13-18)16-8-9-22-20(12-16)24-10-4-3-5-11-24;1-12(2)28-15-4-3-14-9-25-18(16(14)8-15)13-5-6-24-17(7-13)26-10-19(27,11-26)20(21,22)23;1-13(2)26-16-5-4-15-10-22-20(18(15)9-16)14-6-7-21-19(8-14)23-11-17(12-23)27(3,24)25;1-13(2)25-16-5-4-15-10-22-20(18(15)9-16)14-6-7-21-19(8-14)23-11-17(12-23)24-3/h3-10,13-14,17H,11-12,15-16H2,1-2H3;6-9,12-13,15H,3-5,10-11,14H2,1-2H3;3-8,12,27H,9-11H2,1-2H3;4-9,13,17H,10-12H2,1-3H3;4-9,13,17H,10-12H2,1-3H3. The number of rotatable bonds is 22. The van der Waals surface area contributed by atoms with Crippen LogP contribution in [-0.4, -0.2) is 207 Å². The van der Waals surface area contributed by atoms with Crippen molar-refractivity contribution in [2.45, 2.75) is 186 Å². The summed E-state index contributed by atoms with van der Waals surface area (Å²) in [5.41, 5.74) is 19.2. The van der Waals surface area contributed by atoms with Crippen molar-refractivity contribution in [1.29, 1.82) is 0 Å². The SMILES string of the molecule is CC(C)Oc1ccc2c(c1)C(c1ccnc(N3CC(O)(C(F)(F)F)C3)c1)=NC2.CC(C)Oc1ccc2c(c1)C(c1ccnc(N3CC(S(C)(=O)=O)C3)c1)=NC2.CC(C)Oc1ccc2c(c1)C(c1ccnc(N3CCCCC3)c1)=NC2.CC(C)Oc1ccc2c(c1)C(c1ccnc(N3CCS(=O)(=O)c4ccccc4C3)c1)=NC2.COC1CN(c2cc(C3=NCc4ccc(OC(C)C)cc43)ccn2)C1. The minimum atomic E-state index is -4.65. The van der Waals surface area contributed by atoms with Crippen LogP contribution in [0.25, 0.3) is 0 Å². The molecule has 15 heterocycles. The molecule has 26 nitrogen and oxygen atoms in total. The Kier molecular flexibility index (Phi) is 28.5. The molecule has 10 aliphatic rings. The van der Waals surface area contributed by atoms with Gasteiger partial charge in [-0.1, -0.05) is 48.5 Å². The highest BCUT2D eigenvalue weighted by Crippen LogP contribution is 2.42. The molecule has 5 aromatic heterocycles. The molecule has 6 aromatic carbocycles. The van der Waals surface area contributed by atoms with Gasteiger partial charge in [-0.15, -0.1) is 0 Å². The minimum absolute atomic E-state index is 0.0474. The van der Waals surface area contributed by atoms with Crippen LogP contribution in [0, 0.1) is 0 Å². The second kappa shape index (κ2) is 40.8. The van der Waals surface area contributed by atoms with Crippen molar-refractivity contribution in [2.75, 3.05) is 103 Å². The zero-order valence-corrected chi connectivity index (χ0v) is 80.9. The number of halogens is 3. The molecule has 21 rings (SSSR count). The zero-order chi connectivity index (χ0) is 96.2. The number of aromatic nitrogens is 5. The average Bonchev–Trinajstić information content (AvgIpc) is 1.26. The van der Waals surface area contributed by atoms with Crippen molar-refractivity contribution in [3.8, 4) is 28.7 Å². The van der Waals surface area contributed by atoms with Crippen molar-refractivity contribution in [3.63, 3.8) is 0 Å². The minimum Gasteiger partial charge on any atom is -0.491 e. The lowest BCUT2D eigenvalue weighted by molar-refractivity contribution is -0.267. The lowest BCUT2D eigenvalue weighted by atomic mass is 9.93. The fourth-order valence-electron chi connectivity index (χ4n) is 17.9. The molecule has 10 aliphatic heterocycles. The number of aliphatic imine (C=N–C) groups is 5. The number of methoxy groups -OCH3 is 1. The lowest BCUT2D eigenvalue weighted by Crippen LogP contribution is -2.69. The largest absolute Gasteiger partial charge is 0.491 e. The van der Waals surface area contributed by atoms with Gasteiger partial charge in [0.05, 0.1) is 127 Å². The number of alkyl halides is 3. The molecular formula is C106H116F3N15O11S2. The van der Waals surface area contributed by atoms with E-state index in [1.54, 1.807) is 50.0 Å². The van der Waals surface area contributed by atoms with Crippen LogP contribution >= 0.6 is 0 Å². The number of benzene rings is 6. The Balaban J connectivity index is 0.000000119. The molecule has 4 saturated heterocycles. The number of pyridine rings is 5. The number of β-amino-alcohol motifs (C(OH)–C–C–N with tert-alkyl or cyclic N) is 1. The maximum absolute atomic E-state index is 12.9. The summed E-state index contributed by atoms with van der Waals surface area (Å²) in [5, 5.41) is 9.36. The molecule has 0 saturated carbocycles. The fraction of sp³-hybridized carbons (Fsp3) is 0.377. The Hall–Kier alpha value is -13.0. The molecule has 714 valence electrons. The van der Waals surface area contributed by atoms with Crippen molar-refractivity contribution < 1.29 is 63.5 Å². The van der Waals surface area contributed by atoms with Gasteiger partial charge in [-0.3, -0.25) is 25.0 Å². The Morgan fingerprint density at radius 1 is 0.387 bits per heavy atom. The van der Waals surface area contributed by atoms with Crippen molar-refractivity contribution in [1.82, 2.24) is 24.9 Å². The van der Waals surface area contributed by atoms with Gasteiger partial charge in [0, 0.05) is 152 Å². The van der Waals surface area contributed by atoms with E-state index in [1.807, 2.05) is 169 Å². The van der Waals surface area contributed by atoms with Gasteiger partial charge >= 0.3 is 6.18 Å². The molecule has 0 unspecified atom stereocenters. The maximum Gasteiger partial charge on any atom is 0.420 e. The highest BCUT2D eigenvalue weighted by atomic mass is 32.2. The first-order valence-corrected chi connectivity index (χ1v) is 50.4. The summed E-state index contributed by atoms with van der Waals surface area (Å²) in [6, 6.07) is 57.6. The van der Waals surface area contributed by atoms with E-state index >= 15 is 0 Å². The number of hydrogen-bond acceptors (Lipinski definition) is 26. The van der Waals surface area contributed by atoms with E-state index in [1.165, 1.54) is 58.2 Å². The topological polar surface area (TPSA) is 286 Å². The predicted molar refractivity (Wildman–Crippen MR) is 532 cm³/mol. The normalized spacial score (nSPS) is 17.0. The van der Waals surface area contributed by atoms with Gasteiger partial charge in [0.2, 0.25) is 0 Å². The first kappa shape index (κ1) is 95.7. The van der Waals surface area contributed by atoms with Crippen LogP contribution < -0.4 is 48.2 Å². The monoisotopic (exact) mass is 1900 g/mol. The molecule has 1 N–H and O–H groups in total. The van der Waals surface area contributed by atoms with E-state index < -0.39 is 44.5 Å². The summed E-state index contributed by atoms with van der Waals surface area (Å²) in [5.74, 6) is 8.26. The number of aliphatic hydroxyl groups is 1. The first-order chi connectivity index (χ1) is 65.7. The van der Waals surface area contributed by atoms with E-state index in [9.17, 15) is 35.1 Å². The van der Waals surface area contributed by atoms with Gasteiger partial charge in [0.1, 0.15) is 57.8 Å². The van der Waals surface area contributed by atoms with E-state index in [2.05, 4.69) is 114 Å². The summed E-state index contributed by atoms with van der Waals surface area (Å²) in [6.07, 6.45) is 10.2. The van der Waals surface area contributed by atoms with E-state index in [4.69, 9.17) is 48.4 Å². The molecule has 4 fully saturated rings. The van der Waals surface area contributed by atoms with Gasteiger partial charge in [-0.05, 0) is 249 Å².